The number of nitrogens with zero attached hydrogens (tertiary/aromatic N) is 1. The second-order valence-corrected chi connectivity index (χ2v) is 7.89. The molecule has 0 bridgehead atoms. The summed E-state index contributed by atoms with van der Waals surface area (Å²) in [6.07, 6.45) is 0.496. The number of benzene rings is 1. The molecule has 0 spiro atoms. The van der Waals surface area contributed by atoms with E-state index >= 15 is 0 Å². The molecule has 22 heavy (non-hydrogen) atoms. The molecule has 2 rings (SSSR count). The highest BCUT2D eigenvalue weighted by Gasteiger charge is 2.38. The van der Waals surface area contributed by atoms with Crippen molar-refractivity contribution >= 4 is 51.3 Å². The minimum absolute atomic E-state index is 0.0517. The Labute approximate surface area is 146 Å². The Kier molecular flexibility index (Phi) is 5.85. The molecular weight excluding hydrogens is 417 g/mol. The van der Waals surface area contributed by atoms with Gasteiger partial charge in [-0.05, 0) is 40.3 Å². The lowest BCUT2D eigenvalue weighted by Gasteiger charge is -2.24. The van der Waals surface area contributed by atoms with Crippen LogP contribution in [0.15, 0.2) is 24.3 Å². The predicted molar refractivity (Wildman–Crippen MR) is 92.7 cm³/mol. The van der Waals surface area contributed by atoms with Gasteiger partial charge in [0.25, 0.3) is 0 Å². The van der Waals surface area contributed by atoms with Crippen molar-refractivity contribution in [2.45, 2.75) is 31.1 Å². The number of thioether (sulfide) groups is 1. The number of carbonyl (C=O) groups is 3. The molecular formula is C15H16INO4S. The maximum absolute atomic E-state index is 12.1. The van der Waals surface area contributed by atoms with E-state index in [0.717, 1.165) is 20.9 Å². The number of rotatable bonds is 5. The smallest absolute Gasteiger partial charge is 0.326 e. The Hall–Kier alpha value is -1.09. The zero-order valence-corrected chi connectivity index (χ0v) is 15.0. The molecule has 1 heterocycles. The topological polar surface area (TPSA) is 74.7 Å². The first-order chi connectivity index (χ1) is 10.4. The highest BCUT2D eigenvalue weighted by Crippen LogP contribution is 2.27. The fourth-order valence-electron chi connectivity index (χ4n) is 2.49. The van der Waals surface area contributed by atoms with E-state index in [9.17, 15) is 19.5 Å². The van der Waals surface area contributed by atoms with Crippen molar-refractivity contribution in [3.63, 3.8) is 0 Å². The van der Waals surface area contributed by atoms with E-state index in [4.69, 9.17) is 0 Å². The molecule has 0 aliphatic carbocycles. The number of likely N-dealkylation sites (tertiary alicyclic amines) is 1. The molecule has 1 aliphatic rings. The molecule has 118 valence electrons. The SMILES string of the molecule is CC(=O)SC1CC(=O)N(C(Cc2ccc(I)cc2)C(=O)O)C1. The monoisotopic (exact) mass is 433 g/mol. The molecule has 7 heteroatoms. The molecule has 2 unspecified atom stereocenters. The molecule has 0 saturated carbocycles. The van der Waals surface area contributed by atoms with Gasteiger partial charge in [-0.2, -0.15) is 0 Å². The Bertz CT molecular complexity index is 590. The first-order valence-electron chi connectivity index (χ1n) is 6.80. The summed E-state index contributed by atoms with van der Waals surface area (Å²) >= 11 is 3.29. The first-order valence-corrected chi connectivity index (χ1v) is 8.76. The van der Waals surface area contributed by atoms with Gasteiger partial charge in [0, 0.05) is 35.1 Å². The van der Waals surface area contributed by atoms with Crippen molar-refractivity contribution < 1.29 is 19.5 Å². The van der Waals surface area contributed by atoms with Gasteiger partial charge in [0.2, 0.25) is 5.91 Å². The van der Waals surface area contributed by atoms with Crippen molar-refractivity contribution in [1.29, 1.82) is 0 Å². The van der Waals surface area contributed by atoms with Crippen molar-refractivity contribution in [2.75, 3.05) is 6.54 Å². The minimum Gasteiger partial charge on any atom is -0.480 e. The normalized spacial score (nSPS) is 19.3. The number of aliphatic carboxylic acids is 1. The van der Waals surface area contributed by atoms with Crippen LogP contribution in [0.3, 0.4) is 0 Å². The summed E-state index contributed by atoms with van der Waals surface area (Å²) in [5.41, 5.74) is 0.878. The Morgan fingerprint density at radius 2 is 2.05 bits per heavy atom. The van der Waals surface area contributed by atoms with E-state index in [2.05, 4.69) is 22.6 Å². The van der Waals surface area contributed by atoms with E-state index in [1.54, 1.807) is 0 Å². The number of carboxylic acids is 1. The molecule has 1 aliphatic heterocycles. The lowest BCUT2D eigenvalue weighted by atomic mass is 10.1. The molecule has 1 aromatic rings. The second kappa shape index (κ2) is 7.45. The van der Waals surface area contributed by atoms with Gasteiger partial charge in [0.1, 0.15) is 6.04 Å². The quantitative estimate of drug-likeness (QED) is 0.721. The van der Waals surface area contributed by atoms with Crippen molar-refractivity contribution in [3.8, 4) is 0 Å². The average Bonchev–Trinajstić information content (AvgIpc) is 2.77. The summed E-state index contributed by atoms with van der Waals surface area (Å²) in [4.78, 5) is 36.2. The predicted octanol–water partition coefficient (Wildman–Crippen LogP) is 2.17. The summed E-state index contributed by atoms with van der Waals surface area (Å²) in [5.74, 6) is -1.21. The Balaban J connectivity index is 2.11. The van der Waals surface area contributed by atoms with Gasteiger partial charge in [0.05, 0.1) is 0 Å². The number of carboxylic acid groups (broad SMARTS) is 1. The van der Waals surface area contributed by atoms with Gasteiger partial charge in [-0.3, -0.25) is 9.59 Å². The number of hydrogen-bond acceptors (Lipinski definition) is 4. The third-order valence-corrected chi connectivity index (χ3v) is 5.16. The number of hydrogen-bond donors (Lipinski definition) is 1. The fraction of sp³-hybridized carbons (Fsp3) is 0.400. The van der Waals surface area contributed by atoms with Crippen LogP contribution in [0.2, 0.25) is 0 Å². The highest BCUT2D eigenvalue weighted by atomic mass is 127. The van der Waals surface area contributed by atoms with Gasteiger partial charge < -0.3 is 10.0 Å². The molecule has 1 N–H and O–H groups in total. The number of carbonyl (C=O) groups excluding carboxylic acids is 2. The van der Waals surface area contributed by atoms with Crippen LogP contribution in [0.25, 0.3) is 0 Å². The third-order valence-electron chi connectivity index (χ3n) is 3.46. The number of halogens is 1. The molecule has 1 aromatic carbocycles. The second-order valence-electron chi connectivity index (χ2n) is 5.17. The van der Waals surface area contributed by atoms with Gasteiger partial charge >= 0.3 is 5.97 Å². The first kappa shape index (κ1) is 17.3. The van der Waals surface area contributed by atoms with Crippen LogP contribution in [0.4, 0.5) is 0 Å². The fourth-order valence-corrected chi connectivity index (χ4v) is 3.78. The summed E-state index contributed by atoms with van der Waals surface area (Å²) in [6, 6.07) is 6.69. The molecule has 0 aromatic heterocycles. The third kappa shape index (κ3) is 4.45. The molecule has 1 fully saturated rings. The molecule has 2 atom stereocenters. The lowest BCUT2D eigenvalue weighted by molar-refractivity contribution is -0.148. The van der Waals surface area contributed by atoms with Crippen LogP contribution in [0, 0.1) is 3.57 Å². The van der Waals surface area contributed by atoms with E-state index < -0.39 is 12.0 Å². The minimum atomic E-state index is -1.01. The van der Waals surface area contributed by atoms with E-state index in [1.807, 2.05) is 24.3 Å². The van der Waals surface area contributed by atoms with Crippen LogP contribution in [-0.2, 0) is 20.8 Å². The Morgan fingerprint density at radius 1 is 1.41 bits per heavy atom. The van der Waals surface area contributed by atoms with Crippen LogP contribution in [0.1, 0.15) is 18.9 Å². The zero-order chi connectivity index (χ0) is 16.3. The van der Waals surface area contributed by atoms with E-state index in [0.29, 0.717) is 6.54 Å². The van der Waals surface area contributed by atoms with Gasteiger partial charge in [-0.15, -0.1) is 0 Å². The maximum Gasteiger partial charge on any atom is 0.326 e. The van der Waals surface area contributed by atoms with Crippen LogP contribution in [-0.4, -0.2) is 44.8 Å². The maximum atomic E-state index is 12.1. The highest BCUT2D eigenvalue weighted by molar-refractivity contribution is 14.1. The standard InChI is InChI=1S/C15H16INO4S/c1-9(18)22-12-7-14(19)17(8-12)13(15(20)21)6-10-2-4-11(16)5-3-10/h2-5,12-13H,6-8H2,1H3,(H,20,21). The van der Waals surface area contributed by atoms with Crippen LogP contribution in [0.5, 0.6) is 0 Å². The van der Waals surface area contributed by atoms with Crippen LogP contribution < -0.4 is 0 Å². The lowest BCUT2D eigenvalue weighted by Crippen LogP contribution is -2.43. The summed E-state index contributed by atoms with van der Waals surface area (Å²) in [7, 11) is 0. The summed E-state index contributed by atoms with van der Waals surface area (Å²) in [5, 5.41) is 9.27. The van der Waals surface area contributed by atoms with Crippen LogP contribution >= 0.6 is 34.4 Å². The molecule has 0 radical (unpaired) electrons. The summed E-state index contributed by atoms with van der Waals surface area (Å²) in [6.45, 7) is 1.77. The van der Waals surface area contributed by atoms with Gasteiger partial charge in [0.15, 0.2) is 5.12 Å². The Morgan fingerprint density at radius 3 is 2.59 bits per heavy atom. The van der Waals surface area contributed by atoms with E-state index in [-0.39, 0.29) is 29.1 Å². The van der Waals surface area contributed by atoms with Gasteiger partial charge in [-0.1, -0.05) is 23.9 Å². The zero-order valence-electron chi connectivity index (χ0n) is 12.0. The summed E-state index contributed by atoms with van der Waals surface area (Å²) < 4.78 is 1.07. The van der Waals surface area contributed by atoms with Crippen molar-refractivity contribution in [2.24, 2.45) is 0 Å². The average molecular weight is 433 g/mol. The molecule has 1 saturated heterocycles. The molecule has 1 amide bonds. The largest absolute Gasteiger partial charge is 0.480 e. The van der Waals surface area contributed by atoms with Gasteiger partial charge in [-0.25, -0.2) is 4.79 Å². The molecule has 5 nitrogen and oxygen atoms in total. The van der Waals surface area contributed by atoms with Crippen molar-refractivity contribution in [1.82, 2.24) is 4.90 Å². The van der Waals surface area contributed by atoms with Crippen molar-refractivity contribution in [3.05, 3.63) is 33.4 Å². The number of amides is 1. The van der Waals surface area contributed by atoms with E-state index in [1.165, 1.54) is 11.8 Å².